The maximum Gasteiger partial charge on any atom is 0.248 e. The molecular weight excluding hydrogens is 268 g/mol. The Morgan fingerprint density at radius 3 is 2.29 bits per heavy atom. The molecule has 0 radical (unpaired) electrons. The van der Waals surface area contributed by atoms with Crippen LogP contribution in [0.2, 0.25) is 0 Å². The minimum Gasteiger partial charge on any atom is -0.485 e. The summed E-state index contributed by atoms with van der Waals surface area (Å²) in [7, 11) is 1.92. The molecule has 0 atom stereocenters. The largest absolute Gasteiger partial charge is 0.485 e. The summed E-state index contributed by atoms with van der Waals surface area (Å²) in [5.74, 6) is -0.0400. The Morgan fingerprint density at radius 1 is 1.19 bits per heavy atom. The molecule has 0 bridgehead atoms. The van der Waals surface area contributed by atoms with Gasteiger partial charge in [0.25, 0.3) is 0 Å². The predicted molar refractivity (Wildman–Crippen MR) is 79.7 cm³/mol. The number of rotatable bonds is 5. The maximum atomic E-state index is 12.2. The molecule has 1 heterocycles. The summed E-state index contributed by atoms with van der Waals surface area (Å²) < 4.78 is 7.42. The molecule has 0 spiro atoms. The van der Waals surface area contributed by atoms with Crippen LogP contribution in [0.5, 0.6) is 5.75 Å². The van der Waals surface area contributed by atoms with Gasteiger partial charge in [-0.1, -0.05) is 0 Å². The molecule has 0 aliphatic rings. The second-order valence-corrected chi connectivity index (χ2v) is 4.94. The van der Waals surface area contributed by atoms with Crippen LogP contribution >= 0.6 is 0 Å². The van der Waals surface area contributed by atoms with Crippen molar-refractivity contribution in [2.75, 3.05) is 6.61 Å². The van der Waals surface area contributed by atoms with E-state index < -0.39 is 5.91 Å². The molecule has 0 unspecified atom stereocenters. The van der Waals surface area contributed by atoms with Gasteiger partial charge in [0, 0.05) is 29.6 Å². The minimum atomic E-state index is -0.493. The molecule has 0 saturated heterocycles. The second kappa shape index (κ2) is 5.83. The van der Waals surface area contributed by atoms with Gasteiger partial charge in [0.1, 0.15) is 5.75 Å². The first-order valence-electron chi connectivity index (χ1n) is 6.59. The number of Topliss-reactive ketones (excluding diaryl/α,β-unsaturated/α-hetero) is 1. The number of nitrogens with zero attached hydrogens (tertiary/aromatic N) is 1. The van der Waals surface area contributed by atoms with Crippen LogP contribution in [0.15, 0.2) is 30.3 Å². The summed E-state index contributed by atoms with van der Waals surface area (Å²) in [4.78, 5) is 23.1. The highest BCUT2D eigenvalue weighted by molar-refractivity contribution is 5.98. The van der Waals surface area contributed by atoms with E-state index in [1.165, 1.54) is 0 Å². The number of carbonyl (C=O) groups is 2. The average molecular weight is 286 g/mol. The standard InChI is InChI=1S/C16H18N2O3/c1-10-8-14(11(2)18(10)3)15(19)9-21-13-6-4-12(5-7-13)16(17)20/h4-8H,9H2,1-3H3,(H2,17,20). The van der Waals surface area contributed by atoms with Crippen LogP contribution in [-0.2, 0) is 7.05 Å². The second-order valence-electron chi connectivity index (χ2n) is 4.94. The van der Waals surface area contributed by atoms with Gasteiger partial charge in [-0.25, -0.2) is 0 Å². The van der Waals surface area contributed by atoms with Gasteiger partial charge in [-0.3, -0.25) is 9.59 Å². The fraction of sp³-hybridized carbons (Fsp3) is 0.250. The van der Waals surface area contributed by atoms with E-state index in [1.807, 2.05) is 31.5 Å². The number of ether oxygens (including phenoxy) is 1. The lowest BCUT2D eigenvalue weighted by Crippen LogP contribution is -2.13. The lowest BCUT2D eigenvalue weighted by Gasteiger charge is -2.06. The Labute approximate surface area is 123 Å². The summed E-state index contributed by atoms with van der Waals surface area (Å²) in [5.41, 5.74) is 8.19. The molecule has 5 heteroatoms. The van der Waals surface area contributed by atoms with Gasteiger partial charge in [-0.15, -0.1) is 0 Å². The van der Waals surface area contributed by atoms with Crippen LogP contribution in [-0.4, -0.2) is 22.9 Å². The van der Waals surface area contributed by atoms with Crippen LogP contribution < -0.4 is 10.5 Å². The van der Waals surface area contributed by atoms with Crippen molar-refractivity contribution in [3.63, 3.8) is 0 Å². The highest BCUT2D eigenvalue weighted by Crippen LogP contribution is 2.16. The number of benzene rings is 1. The van der Waals surface area contributed by atoms with Crippen LogP contribution in [0.1, 0.15) is 32.1 Å². The zero-order valence-corrected chi connectivity index (χ0v) is 12.3. The third-order valence-corrected chi connectivity index (χ3v) is 3.58. The van der Waals surface area contributed by atoms with Crippen molar-refractivity contribution in [1.82, 2.24) is 4.57 Å². The Bertz CT molecular complexity index is 684. The fourth-order valence-electron chi connectivity index (χ4n) is 2.08. The third-order valence-electron chi connectivity index (χ3n) is 3.58. The first-order chi connectivity index (χ1) is 9.90. The van der Waals surface area contributed by atoms with E-state index in [-0.39, 0.29) is 12.4 Å². The molecule has 5 nitrogen and oxygen atoms in total. The first-order valence-corrected chi connectivity index (χ1v) is 6.59. The van der Waals surface area contributed by atoms with E-state index in [1.54, 1.807) is 24.3 Å². The minimum absolute atomic E-state index is 0.0415. The Hall–Kier alpha value is -2.56. The monoisotopic (exact) mass is 286 g/mol. The molecule has 1 amide bonds. The molecule has 0 saturated carbocycles. The molecule has 0 aliphatic heterocycles. The number of hydrogen-bond acceptors (Lipinski definition) is 3. The molecule has 0 aliphatic carbocycles. The average Bonchev–Trinajstić information content (AvgIpc) is 2.73. The van der Waals surface area contributed by atoms with Crippen LogP contribution in [0.3, 0.4) is 0 Å². The number of ketones is 1. The van der Waals surface area contributed by atoms with E-state index in [0.29, 0.717) is 16.9 Å². The quantitative estimate of drug-likeness (QED) is 0.854. The smallest absolute Gasteiger partial charge is 0.248 e. The summed E-state index contributed by atoms with van der Waals surface area (Å²) >= 11 is 0. The number of nitrogens with two attached hydrogens (primary N) is 1. The molecule has 2 N–H and O–H groups in total. The van der Waals surface area contributed by atoms with Crippen LogP contribution in [0.25, 0.3) is 0 Å². The molecule has 21 heavy (non-hydrogen) atoms. The predicted octanol–water partition coefficient (Wildman–Crippen LogP) is 2.00. The molecule has 2 rings (SSSR count). The highest BCUT2D eigenvalue weighted by atomic mass is 16.5. The van der Waals surface area contributed by atoms with Crippen molar-refractivity contribution in [3.05, 3.63) is 52.8 Å². The van der Waals surface area contributed by atoms with Gasteiger partial charge in [-0.2, -0.15) is 0 Å². The van der Waals surface area contributed by atoms with Crippen molar-refractivity contribution in [3.8, 4) is 5.75 Å². The van der Waals surface area contributed by atoms with Crippen molar-refractivity contribution < 1.29 is 14.3 Å². The first kappa shape index (κ1) is 14.8. The number of carbonyl (C=O) groups excluding carboxylic acids is 2. The van der Waals surface area contributed by atoms with Gasteiger partial charge >= 0.3 is 0 Å². The van der Waals surface area contributed by atoms with E-state index in [4.69, 9.17) is 10.5 Å². The zero-order valence-electron chi connectivity index (χ0n) is 12.3. The summed E-state index contributed by atoms with van der Waals surface area (Å²) in [6, 6.07) is 8.24. The van der Waals surface area contributed by atoms with Crippen molar-refractivity contribution in [2.24, 2.45) is 12.8 Å². The van der Waals surface area contributed by atoms with Gasteiger partial charge in [0.2, 0.25) is 11.7 Å². The number of aryl methyl sites for hydroxylation is 1. The summed E-state index contributed by atoms with van der Waals surface area (Å²) in [6.45, 7) is 3.81. The van der Waals surface area contributed by atoms with Gasteiger partial charge in [0.05, 0.1) is 0 Å². The fourth-order valence-corrected chi connectivity index (χ4v) is 2.08. The highest BCUT2D eigenvalue weighted by Gasteiger charge is 2.14. The van der Waals surface area contributed by atoms with E-state index in [0.717, 1.165) is 11.4 Å². The normalized spacial score (nSPS) is 10.4. The Balaban J connectivity index is 2.04. The van der Waals surface area contributed by atoms with E-state index >= 15 is 0 Å². The molecule has 110 valence electrons. The van der Waals surface area contributed by atoms with Crippen LogP contribution in [0.4, 0.5) is 0 Å². The van der Waals surface area contributed by atoms with Crippen LogP contribution in [0, 0.1) is 13.8 Å². The maximum absolute atomic E-state index is 12.2. The SMILES string of the molecule is Cc1cc(C(=O)COc2ccc(C(N)=O)cc2)c(C)n1C. The zero-order chi connectivity index (χ0) is 15.6. The van der Waals surface area contributed by atoms with Gasteiger partial charge < -0.3 is 15.0 Å². The van der Waals surface area contributed by atoms with Crippen molar-refractivity contribution >= 4 is 11.7 Å². The molecule has 0 fully saturated rings. The lowest BCUT2D eigenvalue weighted by molar-refractivity contribution is 0.0919. The summed E-state index contributed by atoms with van der Waals surface area (Å²) in [6.07, 6.45) is 0. The van der Waals surface area contributed by atoms with Gasteiger partial charge in [0.15, 0.2) is 6.61 Å². The van der Waals surface area contributed by atoms with Crippen molar-refractivity contribution in [2.45, 2.75) is 13.8 Å². The van der Waals surface area contributed by atoms with E-state index in [9.17, 15) is 9.59 Å². The van der Waals surface area contributed by atoms with Gasteiger partial charge in [-0.05, 0) is 44.2 Å². The molecular formula is C16H18N2O3. The summed E-state index contributed by atoms with van der Waals surface area (Å²) in [5, 5.41) is 0. The molecule has 2 aromatic rings. The number of amides is 1. The van der Waals surface area contributed by atoms with E-state index in [2.05, 4.69) is 0 Å². The Morgan fingerprint density at radius 2 is 1.81 bits per heavy atom. The number of aromatic nitrogens is 1. The topological polar surface area (TPSA) is 74.3 Å². The number of primary amides is 1. The van der Waals surface area contributed by atoms with Crippen molar-refractivity contribution in [1.29, 1.82) is 0 Å². The Kier molecular flexibility index (Phi) is 4.12. The lowest BCUT2D eigenvalue weighted by atomic mass is 10.1. The molecule has 1 aromatic heterocycles. The molecule has 1 aromatic carbocycles. The number of hydrogen-bond donors (Lipinski definition) is 1. The third kappa shape index (κ3) is 3.13.